The van der Waals surface area contributed by atoms with Gasteiger partial charge in [-0.2, -0.15) is 5.10 Å². The number of hydrogen-bond donors (Lipinski definition) is 1. The van der Waals surface area contributed by atoms with E-state index in [0.29, 0.717) is 39.2 Å². The van der Waals surface area contributed by atoms with E-state index in [4.69, 9.17) is 14.3 Å². The van der Waals surface area contributed by atoms with Crippen LogP contribution in [0, 0.1) is 20.8 Å². The molecule has 158 valence electrons. The van der Waals surface area contributed by atoms with Gasteiger partial charge < -0.3 is 14.3 Å². The number of hydrogen-bond acceptors (Lipinski definition) is 5. The van der Waals surface area contributed by atoms with Crippen molar-refractivity contribution in [3.63, 3.8) is 0 Å². The van der Waals surface area contributed by atoms with Crippen LogP contribution in [0.15, 0.2) is 47.1 Å². The predicted octanol–water partition coefficient (Wildman–Crippen LogP) is 4.55. The van der Waals surface area contributed by atoms with Crippen LogP contribution in [0.3, 0.4) is 0 Å². The van der Waals surface area contributed by atoms with Crippen LogP contribution < -0.4 is 4.74 Å². The molecule has 31 heavy (non-hydrogen) atoms. The van der Waals surface area contributed by atoms with Crippen molar-refractivity contribution >= 4 is 22.7 Å². The fraction of sp³-hybridized carbons (Fsp3) is 0.208. The first-order valence-corrected chi connectivity index (χ1v) is 9.76. The van der Waals surface area contributed by atoms with Crippen molar-refractivity contribution in [2.45, 2.75) is 27.3 Å². The highest BCUT2D eigenvalue weighted by Crippen LogP contribution is 2.36. The molecule has 0 atom stereocenters. The lowest BCUT2D eigenvalue weighted by Crippen LogP contribution is -2.08. The van der Waals surface area contributed by atoms with E-state index in [2.05, 4.69) is 5.10 Å². The number of carboxylic acids is 1. The Labute approximate surface area is 178 Å². The Balaban J connectivity index is 1.91. The lowest BCUT2D eigenvalue weighted by molar-refractivity contribution is -0.137. The molecule has 0 bridgehead atoms. The Morgan fingerprint density at radius 2 is 1.94 bits per heavy atom. The van der Waals surface area contributed by atoms with Crippen molar-refractivity contribution in [1.29, 1.82) is 0 Å². The summed E-state index contributed by atoms with van der Waals surface area (Å²) < 4.78 is 12.8. The van der Waals surface area contributed by atoms with Gasteiger partial charge in [0.25, 0.3) is 0 Å². The highest BCUT2D eigenvalue weighted by Gasteiger charge is 2.25. The largest absolute Gasteiger partial charge is 0.496 e. The molecule has 0 unspecified atom stereocenters. The zero-order valence-corrected chi connectivity index (χ0v) is 17.7. The molecule has 0 amide bonds. The molecule has 0 fully saturated rings. The van der Waals surface area contributed by atoms with Gasteiger partial charge in [0.05, 0.1) is 24.4 Å². The van der Waals surface area contributed by atoms with Gasteiger partial charge in [-0.15, -0.1) is 0 Å². The van der Waals surface area contributed by atoms with Crippen molar-refractivity contribution in [2.24, 2.45) is 0 Å². The Morgan fingerprint density at radius 1 is 1.16 bits per heavy atom. The lowest BCUT2D eigenvalue weighted by atomic mass is 9.95. The molecule has 0 aliphatic rings. The van der Waals surface area contributed by atoms with Crippen LogP contribution in [-0.4, -0.2) is 33.7 Å². The average Bonchev–Trinajstić information content (AvgIpc) is 3.32. The minimum Gasteiger partial charge on any atom is -0.496 e. The molecule has 0 spiro atoms. The minimum absolute atomic E-state index is 0.204. The lowest BCUT2D eigenvalue weighted by Gasteiger charge is -2.10. The monoisotopic (exact) mass is 418 g/mol. The number of fused-ring (bicyclic) bond motifs is 1. The van der Waals surface area contributed by atoms with E-state index >= 15 is 0 Å². The van der Waals surface area contributed by atoms with E-state index in [-0.39, 0.29) is 12.3 Å². The highest BCUT2D eigenvalue weighted by molar-refractivity contribution is 6.19. The second-order valence-electron chi connectivity index (χ2n) is 7.58. The van der Waals surface area contributed by atoms with Gasteiger partial charge in [0.2, 0.25) is 0 Å². The molecule has 4 rings (SSSR count). The van der Waals surface area contributed by atoms with E-state index < -0.39 is 5.97 Å². The van der Waals surface area contributed by atoms with Crippen LogP contribution in [0.5, 0.6) is 5.75 Å². The van der Waals surface area contributed by atoms with Gasteiger partial charge in [-0.25, -0.2) is 0 Å². The summed E-state index contributed by atoms with van der Waals surface area (Å²) in [7, 11) is 1.58. The number of rotatable bonds is 6. The molecule has 0 aliphatic carbocycles. The summed E-state index contributed by atoms with van der Waals surface area (Å²) in [4.78, 5) is 24.7. The van der Waals surface area contributed by atoms with Crippen LogP contribution in [0.2, 0.25) is 0 Å². The van der Waals surface area contributed by atoms with Crippen molar-refractivity contribution in [3.05, 3.63) is 70.5 Å². The molecule has 7 nitrogen and oxygen atoms in total. The van der Waals surface area contributed by atoms with Crippen molar-refractivity contribution < 1.29 is 23.8 Å². The summed E-state index contributed by atoms with van der Waals surface area (Å²) >= 11 is 0. The van der Waals surface area contributed by atoms with Crippen molar-refractivity contribution in [1.82, 2.24) is 9.78 Å². The summed E-state index contributed by atoms with van der Waals surface area (Å²) in [5.74, 6) is -0.208. The number of carboxylic acid groups (broad SMARTS) is 1. The number of ether oxygens (including phenoxy) is 1. The van der Waals surface area contributed by atoms with Crippen molar-refractivity contribution in [3.8, 4) is 17.1 Å². The molecule has 2 aromatic carbocycles. The standard InChI is InChI=1S/C24H22N2O5/c1-13-5-6-18-20(7-13)31-24(17-10-25-26(11-17)12-21(27)28)22(18)23(29)16-8-14(2)15(3)19(9-16)30-4/h5-11H,12H2,1-4H3,(H,27,28). The molecule has 0 aliphatic heterocycles. The molecule has 7 heteroatoms. The number of nitrogens with zero attached hydrogens (tertiary/aromatic N) is 2. The normalized spacial score (nSPS) is 11.1. The first-order chi connectivity index (χ1) is 14.8. The number of aryl methyl sites for hydroxylation is 2. The smallest absolute Gasteiger partial charge is 0.325 e. The van der Waals surface area contributed by atoms with E-state index in [0.717, 1.165) is 16.7 Å². The van der Waals surface area contributed by atoms with Crippen LogP contribution >= 0.6 is 0 Å². The number of carbonyl (C=O) groups excluding carboxylic acids is 1. The summed E-state index contributed by atoms with van der Waals surface area (Å²) in [5.41, 5.74) is 4.94. The maximum absolute atomic E-state index is 13.7. The van der Waals surface area contributed by atoms with Gasteiger partial charge in [-0.3, -0.25) is 14.3 Å². The van der Waals surface area contributed by atoms with Gasteiger partial charge in [0.15, 0.2) is 5.78 Å². The number of carbonyl (C=O) groups is 2. The number of aliphatic carboxylic acids is 1. The molecule has 2 aromatic heterocycles. The zero-order valence-electron chi connectivity index (χ0n) is 17.7. The first-order valence-electron chi connectivity index (χ1n) is 9.76. The number of methoxy groups -OCH3 is 1. The number of furan rings is 1. The second-order valence-corrected chi connectivity index (χ2v) is 7.58. The van der Waals surface area contributed by atoms with Gasteiger partial charge >= 0.3 is 5.97 Å². The van der Waals surface area contributed by atoms with E-state index in [1.807, 2.05) is 45.0 Å². The topological polar surface area (TPSA) is 94.6 Å². The number of benzene rings is 2. The second kappa shape index (κ2) is 7.75. The third kappa shape index (κ3) is 3.70. The summed E-state index contributed by atoms with van der Waals surface area (Å²) in [5, 5.41) is 13.8. The minimum atomic E-state index is -1.01. The highest BCUT2D eigenvalue weighted by atomic mass is 16.5. The fourth-order valence-corrected chi connectivity index (χ4v) is 3.65. The third-order valence-electron chi connectivity index (χ3n) is 5.37. The predicted molar refractivity (Wildman–Crippen MR) is 116 cm³/mol. The van der Waals surface area contributed by atoms with Crippen LogP contribution in [0.4, 0.5) is 0 Å². The maximum atomic E-state index is 13.7. The van der Waals surface area contributed by atoms with E-state index in [1.165, 1.54) is 10.9 Å². The van der Waals surface area contributed by atoms with E-state index in [1.54, 1.807) is 19.4 Å². The first kappa shape index (κ1) is 20.4. The zero-order chi connectivity index (χ0) is 22.3. The van der Waals surface area contributed by atoms with Crippen molar-refractivity contribution in [2.75, 3.05) is 7.11 Å². The molecule has 0 radical (unpaired) electrons. The Hall–Kier alpha value is -3.87. The quantitative estimate of drug-likeness (QED) is 0.462. The summed E-state index contributed by atoms with van der Waals surface area (Å²) in [6.07, 6.45) is 3.07. The third-order valence-corrected chi connectivity index (χ3v) is 5.37. The van der Waals surface area contributed by atoms with Gasteiger partial charge in [0.1, 0.15) is 23.6 Å². The van der Waals surface area contributed by atoms with Gasteiger partial charge in [0, 0.05) is 17.1 Å². The molecule has 0 saturated carbocycles. The summed E-state index contributed by atoms with van der Waals surface area (Å²) in [6, 6.07) is 9.23. The van der Waals surface area contributed by atoms with Crippen LogP contribution in [0.25, 0.3) is 22.3 Å². The summed E-state index contributed by atoms with van der Waals surface area (Å²) in [6.45, 7) is 5.54. The Bertz CT molecular complexity index is 1330. The Morgan fingerprint density at radius 3 is 2.65 bits per heavy atom. The SMILES string of the molecule is COc1cc(C(=O)c2c(-c3cnn(CC(=O)O)c3)oc3cc(C)ccc23)cc(C)c1C. The molecular weight excluding hydrogens is 396 g/mol. The Kier molecular flexibility index (Phi) is 5.10. The van der Waals surface area contributed by atoms with Crippen LogP contribution in [0.1, 0.15) is 32.6 Å². The molecular formula is C24H22N2O5. The average molecular weight is 418 g/mol. The molecule has 1 N–H and O–H groups in total. The maximum Gasteiger partial charge on any atom is 0.325 e. The molecule has 2 heterocycles. The van der Waals surface area contributed by atoms with Gasteiger partial charge in [-0.1, -0.05) is 12.1 Å². The molecule has 4 aromatic rings. The van der Waals surface area contributed by atoms with E-state index in [9.17, 15) is 9.59 Å². The fourth-order valence-electron chi connectivity index (χ4n) is 3.65. The van der Waals surface area contributed by atoms with Crippen LogP contribution in [-0.2, 0) is 11.3 Å². The van der Waals surface area contributed by atoms with Gasteiger partial charge in [-0.05, 0) is 55.7 Å². The number of ketones is 1. The number of aromatic nitrogens is 2. The molecule has 0 saturated heterocycles.